The quantitative estimate of drug-likeness (QED) is 0.650. The molecule has 112 valence electrons. The largest absolute Gasteiger partial charge is 0.272 e. The fourth-order valence-corrected chi connectivity index (χ4v) is 3.85. The second-order valence-corrected chi connectivity index (χ2v) is 6.03. The minimum Gasteiger partial charge on any atom is -0.272 e. The van der Waals surface area contributed by atoms with Crippen molar-refractivity contribution in [3.63, 3.8) is 0 Å². The normalized spacial score (nSPS) is 32.3. The van der Waals surface area contributed by atoms with Gasteiger partial charge in [-0.1, -0.05) is 12.2 Å². The lowest BCUT2D eigenvalue weighted by atomic mass is 9.63. The molecule has 3 amide bonds. The van der Waals surface area contributed by atoms with Crippen LogP contribution in [-0.4, -0.2) is 27.7 Å². The summed E-state index contributed by atoms with van der Waals surface area (Å²) in [6.07, 6.45) is 8.96. The first-order valence-corrected chi connectivity index (χ1v) is 7.44. The van der Waals surface area contributed by atoms with Gasteiger partial charge in [0, 0.05) is 18.0 Å². The minimum atomic E-state index is -0.469. The molecular weight excluding hydrogens is 282 g/mol. The number of fused-ring (bicyclic) bond motifs is 1. The Kier molecular flexibility index (Phi) is 2.85. The molecule has 1 N–H and O–H groups in total. The summed E-state index contributed by atoms with van der Waals surface area (Å²) in [5.74, 6) is -1.41. The van der Waals surface area contributed by atoms with Crippen LogP contribution in [0.25, 0.3) is 0 Å². The molecule has 1 aromatic rings. The molecule has 2 bridgehead atoms. The second kappa shape index (κ2) is 4.76. The molecule has 3 aliphatic carbocycles. The molecule has 5 rings (SSSR count). The summed E-state index contributed by atoms with van der Waals surface area (Å²) in [6, 6.07) is 3.08. The molecular formula is C16H15N3O3. The Morgan fingerprint density at radius 1 is 1.05 bits per heavy atom. The zero-order valence-electron chi connectivity index (χ0n) is 11.8. The molecule has 1 aliphatic heterocycles. The highest BCUT2D eigenvalue weighted by Gasteiger charge is 2.57. The van der Waals surface area contributed by atoms with Gasteiger partial charge in [-0.15, -0.1) is 0 Å². The summed E-state index contributed by atoms with van der Waals surface area (Å²) in [7, 11) is 0. The number of amides is 3. The van der Waals surface area contributed by atoms with Gasteiger partial charge in [0.2, 0.25) is 0 Å². The maximum Gasteiger partial charge on any atom is 0.270 e. The van der Waals surface area contributed by atoms with Crippen LogP contribution in [0.3, 0.4) is 0 Å². The fourth-order valence-electron chi connectivity index (χ4n) is 3.85. The van der Waals surface area contributed by atoms with E-state index < -0.39 is 5.91 Å². The predicted molar refractivity (Wildman–Crippen MR) is 75.9 cm³/mol. The van der Waals surface area contributed by atoms with Crippen LogP contribution in [0.2, 0.25) is 0 Å². The van der Waals surface area contributed by atoms with Crippen molar-refractivity contribution in [2.45, 2.75) is 12.8 Å². The number of nitrogens with one attached hydrogen (secondary N) is 1. The highest BCUT2D eigenvalue weighted by Crippen LogP contribution is 2.49. The Bertz CT molecular complexity index is 653. The number of imide groups is 1. The molecule has 1 aromatic heterocycles. The van der Waals surface area contributed by atoms with Crippen molar-refractivity contribution in [3.8, 4) is 0 Å². The molecule has 1 saturated heterocycles. The first kappa shape index (κ1) is 13.2. The maximum absolute atomic E-state index is 12.6. The van der Waals surface area contributed by atoms with Gasteiger partial charge in [-0.05, 0) is 36.8 Å². The lowest BCUT2D eigenvalue weighted by molar-refractivity contribution is -0.143. The summed E-state index contributed by atoms with van der Waals surface area (Å²) in [5.41, 5.74) is 2.83. The third-order valence-corrected chi connectivity index (χ3v) is 4.92. The number of carbonyl (C=O) groups excluding carboxylic acids is 3. The Labute approximate surface area is 127 Å². The molecule has 0 aromatic carbocycles. The molecule has 2 fully saturated rings. The lowest BCUT2D eigenvalue weighted by Crippen LogP contribution is -2.46. The Balaban J connectivity index is 1.58. The molecule has 0 spiro atoms. The average Bonchev–Trinajstić information content (AvgIpc) is 2.84. The van der Waals surface area contributed by atoms with E-state index >= 15 is 0 Å². The fraction of sp³-hybridized carbons (Fsp3) is 0.375. The molecule has 6 heteroatoms. The molecule has 4 aliphatic rings. The van der Waals surface area contributed by atoms with E-state index in [9.17, 15) is 14.4 Å². The van der Waals surface area contributed by atoms with E-state index in [1.807, 2.05) is 0 Å². The van der Waals surface area contributed by atoms with E-state index in [4.69, 9.17) is 0 Å². The summed E-state index contributed by atoms with van der Waals surface area (Å²) >= 11 is 0. The number of hydrogen-bond donors (Lipinski definition) is 1. The molecule has 1 saturated carbocycles. The van der Waals surface area contributed by atoms with Crippen molar-refractivity contribution in [2.24, 2.45) is 23.7 Å². The molecule has 2 heterocycles. The smallest absolute Gasteiger partial charge is 0.270 e. The highest BCUT2D eigenvalue weighted by atomic mass is 16.2. The number of nitrogens with zero attached hydrogens (tertiary/aromatic N) is 2. The van der Waals surface area contributed by atoms with Crippen LogP contribution in [-0.2, 0) is 9.59 Å². The van der Waals surface area contributed by atoms with E-state index in [0.29, 0.717) is 5.56 Å². The van der Waals surface area contributed by atoms with Gasteiger partial charge in [0.1, 0.15) is 0 Å². The molecule has 4 atom stereocenters. The van der Waals surface area contributed by atoms with Crippen molar-refractivity contribution in [1.29, 1.82) is 0 Å². The van der Waals surface area contributed by atoms with Gasteiger partial charge in [0.05, 0.1) is 11.8 Å². The van der Waals surface area contributed by atoms with Crippen LogP contribution in [0.4, 0.5) is 0 Å². The van der Waals surface area contributed by atoms with Gasteiger partial charge < -0.3 is 0 Å². The van der Waals surface area contributed by atoms with Crippen molar-refractivity contribution in [3.05, 3.63) is 42.2 Å². The monoisotopic (exact) mass is 297 g/mol. The molecule has 6 nitrogen and oxygen atoms in total. The Hall–Kier alpha value is -2.50. The third kappa shape index (κ3) is 1.80. The van der Waals surface area contributed by atoms with Gasteiger partial charge in [0.25, 0.3) is 17.7 Å². The van der Waals surface area contributed by atoms with Crippen molar-refractivity contribution < 1.29 is 14.4 Å². The minimum absolute atomic E-state index is 0.120. The molecule has 4 unspecified atom stereocenters. The van der Waals surface area contributed by atoms with E-state index in [0.717, 1.165) is 17.9 Å². The number of allylic oxidation sites excluding steroid dienone is 2. The Morgan fingerprint density at radius 2 is 1.59 bits per heavy atom. The van der Waals surface area contributed by atoms with Crippen molar-refractivity contribution in [2.75, 3.05) is 0 Å². The van der Waals surface area contributed by atoms with Gasteiger partial charge in [-0.2, -0.15) is 5.01 Å². The third-order valence-electron chi connectivity index (χ3n) is 4.92. The molecule has 22 heavy (non-hydrogen) atoms. The topological polar surface area (TPSA) is 79.4 Å². The zero-order valence-corrected chi connectivity index (χ0v) is 11.8. The summed E-state index contributed by atoms with van der Waals surface area (Å²) in [5, 5.41) is 0.927. The van der Waals surface area contributed by atoms with Crippen LogP contribution in [0.5, 0.6) is 0 Å². The zero-order chi connectivity index (χ0) is 15.3. The van der Waals surface area contributed by atoms with Gasteiger partial charge in [0.15, 0.2) is 0 Å². The molecule has 0 radical (unpaired) electrons. The van der Waals surface area contributed by atoms with Crippen LogP contribution in [0, 0.1) is 23.7 Å². The summed E-state index contributed by atoms with van der Waals surface area (Å²) in [4.78, 5) is 41.1. The van der Waals surface area contributed by atoms with Gasteiger partial charge in [-0.3, -0.25) is 24.8 Å². The number of carbonyl (C=O) groups is 3. The number of hydrogen-bond acceptors (Lipinski definition) is 4. The van der Waals surface area contributed by atoms with E-state index in [-0.39, 0.29) is 35.5 Å². The van der Waals surface area contributed by atoms with Crippen molar-refractivity contribution >= 4 is 17.7 Å². The SMILES string of the molecule is O=C(NN1C(=O)C2C3C=CC(CC3)C2C1=O)c1ccncc1. The van der Waals surface area contributed by atoms with E-state index in [1.54, 1.807) is 12.1 Å². The van der Waals surface area contributed by atoms with Crippen LogP contribution >= 0.6 is 0 Å². The van der Waals surface area contributed by atoms with Gasteiger partial charge in [-0.25, -0.2) is 0 Å². The number of hydrazine groups is 1. The lowest BCUT2D eigenvalue weighted by Gasteiger charge is -2.37. The van der Waals surface area contributed by atoms with Crippen LogP contribution in [0.15, 0.2) is 36.7 Å². The first-order chi connectivity index (χ1) is 10.7. The average molecular weight is 297 g/mol. The summed E-state index contributed by atoms with van der Waals surface area (Å²) < 4.78 is 0. The van der Waals surface area contributed by atoms with E-state index in [2.05, 4.69) is 22.6 Å². The van der Waals surface area contributed by atoms with Gasteiger partial charge >= 0.3 is 0 Å². The van der Waals surface area contributed by atoms with Crippen molar-refractivity contribution in [1.82, 2.24) is 15.4 Å². The van der Waals surface area contributed by atoms with Crippen LogP contribution in [0.1, 0.15) is 23.2 Å². The number of pyridine rings is 1. The second-order valence-electron chi connectivity index (χ2n) is 6.03. The first-order valence-electron chi connectivity index (χ1n) is 7.44. The van der Waals surface area contributed by atoms with Crippen LogP contribution < -0.4 is 5.43 Å². The highest BCUT2D eigenvalue weighted by molar-refractivity contribution is 6.08. The standard InChI is InChI=1S/C16H15N3O3/c20-14(11-5-7-17-8-6-11)18-19-15(21)12-9-1-2-10(4-3-9)13(12)16(19)22/h1-2,5-10,12-13H,3-4H2,(H,18,20). The Morgan fingerprint density at radius 3 is 2.09 bits per heavy atom. The summed E-state index contributed by atoms with van der Waals surface area (Å²) in [6.45, 7) is 0. The van der Waals surface area contributed by atoms with E-state index in [1.165, 1.54) is 12.4 Å². The number of rotatable bonds is 2. The maximum atomic E-state index is 12.6. The predicted octanol–water partition coefficient (Wildman–Crippen LogP) is 0.924. The number of aromatic nitrogens is 1.